The number of primary sulfonamides is 1. The van der Waals surface area contributed by atoms with Crippen LogP contribution in [-0.2, 0) is 27.9 Å². The average Bonchev–Trinajstić information content (AvgIpc) is 2.70. The van der Waals surface area contributed by atoms with Crippen molar-refractivity contribution in [1.82, 2.24) is 10.6 Å². The van der Waals surface area contributed by atoms with E-state index in [1.54, 1.807) is 12.1 Å². The molecule has 0 fully saturated rings. The maximum atomic E-state index is 11.5. The summed E-state index contributed by atoms with van der Waals surface area (Å²) >= 11 is 0. The van der Waals surface area contributed by atoms with Crippen LogP contribution in [0.3, 0.4) is 0 Å². The highest BCUT2D eigenvalue weighted by Gasteiger charge is 2.08. The number of sulfonamides is 1. The van der Waals surface area contributed by atoms with Crippen molar-refractivity contribution >= 4 is 16.0 Å². The molecule has 0 saturated heterocycles. The number of nitrogens with one attached hydrogen (secondary N) is 2. The number of hydrogen-bond acceptors (Lipinski definition) is 4. The van der Waals surface area contributed by atoms with Crippen molar-refractivity contribution < 1.29 is 13.2 Å². The highest BCUT2D eigenvalue weighted by atomic mass is 32.2. The molecule has 2 aromatic rings. The normalized spacial score (nSPS) is 13.1. The maximum absolute atomic E-state index is 11.5. The number of nitrogens with two attached hydrogens (primary N) is 1. The van der Waals surface area contributed by atoms with Gasteiger partial charge in [-0.1, -0.05) is 49.4 Å². The Labute approximate surface area is 173 Å². The molecule has 29 heavy (non-hydrogen) atoms. The molecule has 8 heteroatoms. The number of nitrogens with zero attached hydrogens (tertiary/aromatic N) is 1. The van der Waals surface area contributed by atoms with Crippen molar-refractivity contribution in [3.63, 3.8) is 0 Å². The van der Waals surface area contributed by atoms with Gasteiger partial charge in [0.05, 0.1) is 24.7 Å². The highest BCUT2D eigenvalue weighted by Crippen LogP contribution is 2.10. The minimum Gasteiger partial charge on any atom is -0.376 e. The Morgan fingerprint density at radius 3 is 2.52 bits per heavy atom. The SMILES string of the molecule is CCNC(=NCc1cccc(S(N)(=O)=O)c1)NCC(C)COCc1ccccc1. The Morgan fingerprint density at radius 2 is 1.83 bits per heavy atom. The van der Waals surface area contributed by atoms with Gasteiger partial charge in [0.15, 0.2) is 5.96 Å². The zero-order chi connectivity index (χ0) is 21.1. The highest BCUT2D eigenvalue weighted by molar-refractivity contribution is 7.89. The van der Waals surface area contributed by atoms with E-state index in [2.05, 4.69) is 22.5 Å². The lowest BCUT2D eigenvalue weighted by Crippen LogP contribution is -2.40. The molecule has 0 radical (unpaired) electrons. The van der Waals surface area contributed by atoms with Gasteiger partial charge < -0.3 is 15.4 Å². The zero-order valence-corrected chi connectivity index (χ0v) is 17.8. The molecule has 2 rings (SSSR count). The third kappa shape index (κ3) is 8.64. The van der Waals surface area contributed by atoms with Crippen molar-refractivity contribution in [1.29, 1.82) is 0 Å². The second-order valence-corrected chi connectivity index (χ2v) is 8.44. The maximum Gasteiger partial charge on any atom is 0.238 e. The van der Waals surface area contributed by atoms with E-state index >= 15 is 0 Å². The summed E-state index contributed by atoms with van der Waals surface area (Å²) in [4.78, 5) is 4.61. The molecule has 0 aliphatic heterocycles. The molecule has 0 saturated carbocycles. The summed E-state index contributed by atoms with van der Waals surface area (Å²) in [6.45, 7) is 7.11. The number of guanidine groups is 1. The van der Waals surface area contributed by atoms with Gasteiger partial charge in [0.1, 0.15) is 0 Å². The van der Waals surface area contributed by atoms with Crippen LogP contribution >= 0.6 is 0 Å². The summed E-state index contributed by atoms with van der Waals surface area (Å²) in [5.41, 5.74) is 1.93. The van der Waals surface area contributed by atoms with E-state index in [0.29, 0.717) is 38.2 Å². The summed E-state index contributed by atoms with van der Waals surface area (Å²) < 4.78 is 28.8. The topological polar surface area (TPSA) is 106 Å². The van der Waals surface area contributed by atoms with E-state index in [1.807, 2.05) is 43.3 Å². The average molecular weight is 419 g/mol. The van der Waals surface area contributed by atoms with E-state index in [0.717, 1.165) is 17.7 Å². The van der Waals surface area contributed by atoms with Crippen LogP contribution in [0, 0.1) is 5.92 Å². The molecule has 7 nitrogen and oxygen atoms in total. The Morgan fingerprint density at radius 1 is 1.10 bits per heavy atom. The first kappa shape index (κ1) is 22.9. The minimum atomic E-state index is -3.72. The van der Waals surface area contributed by atoms with Crippen molar-refractivity contribution in [3.05, 3.63) is 65.7 Å². The summed E-state index contributed by atoms with van der Waals surface area (Å²) in [5, 5.41) is 11.7. The van der Waals surface area contributed by atoms with E-state index in [9.17, 15) is 8.42 Å². The Kier molecular flexibility index (Phi) is 9.11. The number of hydrogen-bond donors (Lipinski definition) is 3. The minimum absolute atomic E-state index is 0.0901. The fourth-order valence-electron chi connectivity index (χ4n) is 2.61. The molecule has 2 aromatic carbocycles. The van der Waals surface area contributed by atoms with Crippen LogP contribution in [0.5, 0.6) is 0 Å². The van der Waals surface area contributed by atoms with Gasteiger partial charge in [-0.2, -0.15) is 0 Å². The van der Waals surface area contributed by atoms with Crippen molar-refractivity contribution in [2.24, 2.45) is 16.0 Å². The van der Waals surface area contributed by atoms with Crippen molar-refractivity contribution in [3.8, 4) is 0 Å². The van der Waals surface area contributed by atoms with Crippen LogP contribution in [-0.4, -0.2) is 34.1 Å². The molecule has 158 valence electrons. The van der Waals surface area contributed by atoms with Gasteiger partial charge in [0.25, 0.3) is 0 Å². The molecular weight excluding hydrogens is 388 g/mol. The molecule has 0 heterocycles. The molecule has 0 aromatic heterocycles. The molecule has 0 aliphatic carbocycles. The summed E-state index contributed by atoms with van der Waals surface area (Å²) in [6.07, 6.45) is 0. The molecule has 0 bridgehead atoms. The molecule has 0 spiro atoms. The number of aliphatic imine (C=N–C) groups is 1. The van der Waals surface area contributed by atoms with Crippen LogP contribution in [0.1, 0.15) is 25.0 Å². The number of benzene rings is 2. The molecule has 4 N–H and O–H groups in total. The smallest absolute Gasteiger partial charge is 0.238 e. The summed E-state index contributed by atoms with van der Waals surface area (Å²) in [6, 6.07) is 16.6. The van der Waals surface area contributed by atoms with Gasteiger partial charge in [-0.3, -0.25) is 0 Å². The predicted molar refractivity (Wildman–Crippen MR) is 116 cm³/mol. The van der Waals surface area contributed by atoms with E-state index in [-0.39, 0.29) is 4.90 Å². The third-order valence-corrected chi connectivity index (χ3v) is 5.03. The van der Waals surface area contributed by atoms with E-state index < -0.39 is 10.0 Å². The summed E-state index contributed by atoms with van der Waals surface area (Å²) in [5.74, 6) is 0.969. The van der Waals surface area contributed by atoms with Crippen molar-refractivity contribution in [2.75, 3.05) is 19.7 Å². The number of ether oxygens (including phenoxy) is 1. The lowest BCUT2D eigenvalue weighted by molar-refractivity contribution is 0.0931. The second-order valence-electron chi connectivity index (χ2n) is 6.87. The lowest BCUT2D eigenvalue weighted by atomic mass is 10.2. The Hall–Kier alpha value is -2.42. The number of rotatable bonds is 10. The van der Waals surface area contributed by atoms with E-state index in [1.165, 1.54) is 6.07 Å². The monoisotopic (exact) mass is 418 g/mol. The second kappa shape index (κ2) is 11.5. The molecule has 0 amide bonds. The van der Waals surface area contributed by atoms with Gasteiger partial charge in [-0.15, -0.1) is 0 Å². The largest absolute Gasteiger partial charge is 0.376 e. The Balaban J connectivity index is 1.84. The first-order chi connectivity index (χ1) is 13.9. The standard InChI is InChI=1S/C21H30N4O3S/c1-3-23-21(25-14-19-10-7-11-20(12-19)29(22,26)27)24-13-17(2)15-28-16-18-8-5-4-6-9-18/h4-12,17H,3,13-16H2,1-2H3,(H2,22,26,27)(H2,23,24,25). The Bertz CT molecular complexity index is 886. The first-order valence-corrected chi connectivity index (χ1v) is 11.2. The molecular formula is C21H30N4O3S. The third-order valence-electron chi connectivity index (χ3n) is 4.12. The zero-order valence-electron chi connectivity index (χ0n) is 17.0. The lowest BCUT2D eigenvalue weighted by Gasteiger charge is -2.16. The van der Waals surface area contributed by atoms with Crippen LogP contribution in [0.2, 0.25) is 0 Å². The van der Waals surface area contributed by atoms with Gasteiger partial charge in [-0.05, 0) is 36.1 Å². The van der Waals surface area contributed by atoms with Crippen LogP contribution < -0.4 is 15.8 Å². The van der Waals surface area contributed by atoms with Gasteiger partial charge >= 0.3 is 0 Å². The van der Waals surface area contributed by atoms with Gasteiger partial charge in [0, 0.05) is 13.1 Å². The van der Waals surface area contributed by atoms with E-state index in [4.69, 9.17) is 9.88 Å². The first-order valence-electron chi connectivity index (χ1n) is 9.64. The van der Waals surface area contributed by atoms with Crippen LogP contribution in [0.4, 0.5) is 0 Å². The quantitative estimate of drug-likeness (QED) is 0.405. The molecule has 1 atom stereocenters. The predicted octanol–water partition coefficient (Wildman–Crippen LogP) is 2.24. The van der Waals surface area contributed by atoms with Crippen LogP contribution in [0.15, 0.2) is 64.5 Å². The van der Waals surface area contributed by atoms with Gasteiger partial charge in [-0.25, -0.2) is 18.5 Å². The van der Waals surface area contributed by atoms with Crippen molar-refractivity contribution in [2.45, 2.75) is 31.9 Å². The molecule has 1 unspecified atom stereocenters. The van der Waals surface area contributed by atoms with Crippen LogP contribution in [0.25, 0.3) is 0 Å². The summed E-state index contributed by atoms with van der Waals surface area (Å²) in [7, 11) is -3.72. The fraction of sp³-hybridized carbons (Fsp3) is 0.381. The fourth-order valence-corrected chi connectivity index (χ4v) is 3.20. The molecule has 0 aliphatic rings. The van der Waals surface area contributed by atoms with Gasteiger partial charge in [0.2, 0.25) is 10.0 Å².